The second-order valence-electron chi connectivity index (χ2n) is 6.86. The summed E-state index contributed by atoms with van der Waals surface area (Å²) < 4.78 is 0. The maximum absolute atomic E-state index is 2.54. The SMILES string of the molecule is Cc1ccc(P(c2ccc(C)cc2)[Si](C)(C)C2=CCC=C2)cc1. The third-order valence-electron chi connectivity index (χ3n) is 4.62. The van der Waals surface area contributed by atoms with Crippen molar-refractivity contribution in [2.24, 2.45) is 0 Å². The van der Waals surface area contributed by atoms with Gasteiger partial charge in [-0.15, -0.1) is 0 Å². The zero-order valence-electron chi connectivity index (χ0n) is 14.5. The van der Waals surface area contributed by atoms with Crippen LogP contribution in [0.25, 0.3) is 0 Å². The molecule has 0 saturated carbocycles. The fourth-order valence-electron chi connectivity index (χ4n) is 3.22. The average Bonchev–Trinajstić information content (AvgIpc) is 3.06. The Morgan fingerprint density at radius 3 is 1.65 bits per heavy atom. The monoisotopic (exact) mass is 336 g/mol. The summed E-state index contributed by atoms with van der Waals surface area (Å²) in [5.41, 5.74) is 2.68. The minimum absolute atomic E-state index is 0.311. The standard InChI is InChI=1S/C21H25PSi/c1-17-9-13-19(14-10-17)22(20-15-11-18(2)12-16-20)23(3,4)21-7-5-6-8-21/h5,7-16H,6H2,1-4H3. The van der Waals surface area contributed by atoms with E-state index in [2.05, 4.69) is 93.7 Å². The van der Waals surface area contributed by atoms with Crippen LogP contribution in [0.15, 0.2) is 72.0 Å². The van der Waals surface area contributed by atoms with Gasteiger partial charge >= 0.3 is 0 Å². The van der Waals surface area contributed by atoms with Gasteiger partial charge in [-0.2, -0.15) is 0 Å². The zero-order valence-corrected chi connectivity index (χ0v) is 16.4. The topological polar surface area (TPSA) is 0 Å². The lowest BCUT2D eigenvalue weighted by atomic mass is 10.2. The Labute approximate surface area is 142 Å². The molecule has 0 unspecified atom stereocenters. The van der Waals surface area contributed by atoms with Crippen molar-refractivity contribution < 1.29 is 0 Å². The molecule has 23 heavy (non-hydrogen) atoms. The second kappa shape index (κ2) is 6.59. The smallest absolute Gasteiger partial charge is 0.0810 e. The molecule has 118 valence electrons. The van der Waals surface area contributed by atoms with Crippen molar-refractivity contribution in [3.05, 3.63) is 83.1 Å². The Bertz CT molecular complexity index is 691. The molecule has 0 radical (unpaired) electrons. The highest BCUT2D eigenvalue weighted by molar-refractivity contribution is 8.05. The van der Waals surface area contributed by atoms with E-state index in [1.807, 2.05) is 0 Å². The van der Waals surface area contributed by atoms with E-state index in [-0.39, 0.29) is 7.47 Å². The van der Waals surface area contributed by atoms with E-state index in [1.165, 1.54) is 21.7 Å². The molecule has 0 heterocycles. The minimum Gasteiger partial charge on any atom is -0.0810 e. The lowest BCUT2D eigenvalue weighted by Gasteiger charge is -2.35. The summed E-state index contributed by atoms with van der Waals surface area (Å²) in [4.78, 5) is 0. The van der Waals surface area contributed by atoms with Crippen molar-refractivity contribution in [2.75, 3.05) is 0 Å². The van der Waals surface area contributed by atoms with Gasteiger partial charge in [-0.25, -0.2) is 0 Å². The van der Waals surface area contributed by atoms with Crippen LogP contribution in [0.3, 0.4) is 0 Å². The number of rotatable bonds is 4. The number of hydrogen-bond donors (Lipinski definition) is 0. The Hall–Kier alpha value is -1.43. The first kappa shape index (κ1) is 16.4. The molecule has 0 aromatic heterocycles. The quantitative estimate of drug-likeness (QED) is 0.520. The third kappa shape index (κ3) is 3.41. The van der Waals surface area contributed by atoms with Crippen molar-refractivity contribution in [3.8, 4) is 0 Å². The molecule has 0 bridgehead atoms. The summed E-state index contributed by atoms with van der Waals surface area (Å²) in [6.07, 6.45) is 8.24. The van der Waals surface area contributed by atoms with Crippen LogP contribution in [-0.4, -0.2) is 7.74 Å². The largest absolute Gasteiger partial charge is 0.116 e. The molecule has 0 fully saturated rings. The maximum Gasteiger partial charge on any atom is 0.116 e. The van der Waals surface area contributed by atoms with Gasteiger partial charge in [0.05, 0.1) is 0 Å². The minimum atomic E-state index is -1.58. The van der Waals surface area contributed by atoms with Crippen molar-refractivity contribution in [3.63, 3.8) is 0 Å². The summed E-state index contributed by atoms with van der Waals surface area (Å²) in [7, 11) is -1.89. The molecule has 0 saturated heterocycles. The van der Waals surface area contributed by atoms with E-state index < -0.39 is 7.74 Å². The Kier molecular flexibility index (Phi) is 4.71. The summed E-state index contributed by atoms with van der Waals surface area (Å²) >= 11 is 0. The van der Waals surface area contributed by atoms with Gasteiger partial charge in [0.15, 0.2) is 0 Å². The molecule has 0 N–H and O–H groups in total. The van der Waals surface area contributed by atoms with Crippen LogP contribution in [0, 0.1) is 13.8 Å². The number of aryl methyl sites for hydroxylation is 2. The van der Waals surface area contributed by atoms with Gasteiger partial charge in [-0.1, -0.05) is 104 Å². The summed E-state index contributed by atoms with van der Waals surface area (Å²) in [5, 5.41) is 4.66. The Morgan fingerprint density at radius 1 is 0.783 bits per heavy atom. The van der Waals surface area contributed by atoms with Crippen LogP contribution < -0.4 is 10.6 Å². The van der Waals surface area contributed by atoms with E-state index in [9.17, 15) is 0 Å². The van der Waals surface area contributed by atoms with Gasteiger partial charge in [-0.05, 0) is 30.9 Å². The molecule has 1 aliphatic rings. The van der Waals surface area contributed by atoms with E-state index in [1.54, 1.807) is 5.20 Å². The molecule has 0 spiro atoms. The fraction of sp³-hybridized carbons (Fsp3) is 0.238. The van der Waals surface area contributed by atoms with Crippen LogP contribution in [0.2, 0.25) is 13.1 Å². The highest BCUT2D eigenvalue weighted by Gasteiger charge is 2.37. The highest BCUT2D eigenvalue weighted by Crippen LogP contribution is 2.49. The van der Waals surface area contributed by atoms with Gasteiger partial charge in [0.2, 0.25) is 0 Å². The van der Waals surface area contributed by atoms with Crippen LogP contribution >= 0.6 is 7.47 Å². The molecule has 0 aliphatic heterocycles. The molecule has 2 aromatic carbocycles. The first-order chi connectivity index (χ1) is 11.0. The number of hydrogen-bond acceptors (Lipinski definition) is 0. The summed E-state index contributed by atoms with van der Waals surface area (Å²) in [5.74, 6) is 0. The number of allylic oxidation sites excluding steroid dienone is 4. The van der Waals surface area contributed by atoms with E-state index in [4.69, 9.17) is 0 Å². The van der Waals surface area contributed by atoms with Crippen LogP contribution in [-0.2, 0) is 0 Å². The molecular weight excluding hydrogens is 311 g/mol. The summed E-state index contributed by atoms with van der Waals surface area (Å²) in [6.45, 7) is 9.42. The molecule has 0 atom stereocenters. The van der Waals surface area contributed by atoms with Gasteiger partial charge in [0.25, 0.3) is 0 Å². The van der Waals surface area contributed by atoms with E-state index in [0.717, 1.165) is 6.42 Å². The predicted molar refractivity (Wildman–Crippen MR) is 108 cm³/mol. The molecule has 1 aliphatic carbocycles. The normalized spacial score (nSPS) is 14.4. The molecule has 2 aromatic rings. The van der Waals surface area contributed by atoms with Crippen molar-refractivity contribution >= 4 is 25.8 Å². The summed E-state index contributed by atoms with van der Waals surface area (Å²) in [6, 6.07) is 18.5. The molecule has 2 heteroatoms. The second-order valence-corrected chi connectivity index (χ2v) is 17.0. The van der Waals surface area contributed by atoms with E-state index in [0.29, 0.717) is 0 Å². The zero-order chi connectivity index (χ0) is 16.4. The lowest BCUT2D eigenvalue weighted by Crippen LogP contribution is -2.35. The lowest BCUT2D eigenvalue weighted by molar-refractivity contribution is 1.45. The molecule has 0 amide bonds. The molecule has 3 rings (SSSR count). The van der Waals surface area contributed by atoms with Crippen LogP contribution in [0.5, 0.6) is 0 Å². The highest BCUT2D eigenvalue weighted by atomic mass is 31.4. The number of benzene rings is 2. The Morgan fingerprint density at radius 2 is 1.26 bits per heavy atom. The fourth-order valence-corrected chi connectivity index (χ4v) is 13.1. The average molecular weight is 336 g/mol. The van der Waals surface area contributed by atoms with Crippen LogP contribution in [0.4, 0.5) is 0 Å². The van der Waals surface area contributed by atoms with Crippen LogP contribution in [0.1, 0.15) is 17.5 Å². The predicted octanol–water partition coefficient (Wildman–Crippen LogP) is 5.37. The van der Waals surface area contributed by atoms with Crippen molar-refractivity contribution in [1.29, 1.82) is 0 Å². The first-order valence-corrected chi connectivity index (χ1v) is 13.5. The van der Waals surface area contributed by atoms with Crippen molar-refractivity contribution in [2.45, 2.75) is 33.4 Å². The molecular formula is C21H25PSi. The Balaban J connectivity index is 2.11. The third-order valence-corrected chi connectivity index (χ3v) is 14.8. The molecule has 0 nitrogen and oxygen atoms in total. The van der Waals surface area contributed by atoms with Gasteiger partial charge in [-0.3, -0.25) is 0 Å². The van der Waals surface area contributed by atoms with Crippen molar-refractivity contribution in [1.82, 2.24) is 0 Å². The first-order valence-electron chi connectivity index (χ1n) is 8.29. The maximum atomic E-state index is 2.54. The van der Waals surface area contributed by atoms with E-state index >= 15 is 0 Å². The van der Waals surface area contributed by atoms with Gasteiger partial charge in [0.1, 0.15) is 7.74 Å². The van der Waals surface area contributed by atoms with Gasteiger partial charge in [0, 0.05) is 0 Å². The van der Waals surface area contributed by atoms with Gasteiger partial charge < -0.3 is 0 Å².